The molecule has 1 N–H and O–H groups in total. The van der Waals surface area contributed by atoms with Gasteiger partial charge < -0.3 is 9.47 Å². The van der Waals surface area contributed by atoms with Gasteiger partial charge in [-0.2, -0.15) is 0 Å². The van der Waals surface area contributed by atoms with Crippen LogP contribution in [-0.4, -0.2) is 57.7 Å². The predicted octanol–water partition coefficient (Wildman–Crippen LogP) is 2.09. The summed E-state index contributed by atoms with van der Waals surface area (Å²) in [6.07, 6.45) is 0.824. The van der Waals surface area contributed by atoms with E-state index in [1.807, 2.05) is 20.8 Å². The van der Waals surface area contributed by atoms with Crippen molar-refractivity contribution in [3.05, 3.63) is 0 Å². The van der Waals surface area contributed by atoms with Crippen molar-refractivity contribution in [1.82, 2.24) is 4.72 Å². The van der Waals surface area contributed by atoms with Crippen LogP contribution in [0.2, 0.25) is 0 Å². The molecule has 7 nitrogen and oxygen atoms in total. The first-order valence-electron chi connectivity index (χ1n) is 8.95. The second-order valence-corrected chi connectivity index (χ2v) is 10.2. The highest BCUT2D eigenvalue weighted by Crippen LogP contribution is 2.14. The average Bonchev–Trinajstić information content (AvgIpc) is 2.44. The lowest BCUT2D eigenvalue weighted by Gasteiger charge is -2.20. The minimum atomic E-state index is -3.44. The van der Waals surface area contributed by atoms with Crippen LogP contribution in [0.15, 0.2) is 0 Å². The number of carbonyl (C=O) groups excluding carboxylic acids is 2. The van der Waals surface area contributed by atoms with E-state index in [9.17, 15) is 18.0 Å². The molecule has 0 aliphatic heterocycles. The van der Waals surface area contributed by atoms with E-state index in [1.54, 1.807) is 20.8 Å². The lowest BCUT2D eigenvalue weighted by molar-refractivity contribution is -0.131. The van der Waals surface area contributed by atoms with Gasteiger partial charge in [-0.05, 0) is 27.2 Å². The average molecular weight is 394 g/mol. The van der Waals surface area contributed by atoms with E-state index in [1.165, 1.54) is 0 Å². The van der Waals surface area contributed by atoms with E-state index in [0.717, 1.165) is 0 Å². The van der Waals surface area contributed by atoms with Gasteiger partial charge in [0.1, 0.15) is 12.4 Å². The molecule has 0 atom stereocenters. The van der Waals surface area contributed by atoms with Crippen molar-refractivity contribution in [3.8, 4) is 0 Å². The van der Waals surface area contributed by atoms with Crippen molar-refractivity contribution in [2.75, 3.05) is 32.2 Å². The van der Waals surface area contributed by atoms with Gasteiger partial charge >= 0.3 is 0 Å². The molecule has 0 unspecified atom stereocenters. The van der Waals surface area contributed by atoms with Gasteiger partial charge in [0, 0.05) is 30.4 Å². The van der Waals surface area contributed by atoms with Crippen LogP contribution in [0.3, 0.4) is 0 Å². The number of nitrogens with one attached hydrogen (secondary N) is 1. The van der Waals surface area contributed by atoms with E-state index in [0.29, 0.717) is 26.2 Å². The first kappa shape index (κ1) is 25.2. The summed E-state index contributed by atoms with van der Waals surface area (Å²) >= 11 is 0. The zero-order chi connectivity index (χ0) is 20.4. The Bertz CT molecular complexity index is 543. The molecule has 0 amide bonds. The van der Waals surface area contributed by atoms with Crippen LogP contribution in [0.25, 0.3) is 0 Å². The van der Waals surface area contributed by atoms with Crippen LogP contribution in [0, 0.1) is 5.41 Å². The Kier molecular flexibility index (Phi) is 10.8. The summed E-state index contributed by atoms with van der Waals surface area (Å²) in [4.78, 5) is 23.4. The van der Waals surface area contributed by atoms with Gasteiger partial charge in [0.05, 0.1) is 19.0 Å². The first-order valence-corrected chi connectivity index (χ1v) is 10.6. The highest BCUT2D eigenvalue weighted by Gasteiger charge is 2.21. The molecular weight excluding hydrogens is 358 g/mol. The molecule has 0 bridgehead atoms. The molecule has 0 aromatic rings. The molecule has 0 saturated heterocycles. The van der Waals surface area contributed by atoms with Gasteiger partial charge in [0.25, 0.3) is 0 Å². The highest BCUT2D eigenvalue weighted by molar-refractivity contribution is 7.89. The molecule has 0 aliphatic rings. The minimum Gasteiger partial charge on any atom is -0.379 e. The molecule has 0 fully saturated rings. The number of carbonyl (C=O) groups is 2. The monoisotopic (exact) mass is 393 g/mol. The zero-order valence-corrected chi connectivity index (χ0v) is 17.8. The van der Waals surface area contributed by atoms with Crippen molar-refractivity contribution < 1.29 is 27.5 Å². The molecule has 8 heteroatoms. The quantitative estimate of drug-likeness (QED) is 0.481. The summed E-state index contributed by atoms with van der Waals surface area (Å²) < 4.78 is 36.7. The Labute approximate surface area is 158 Å². The number of Topliss-reactive ketones (excluding diaryl/α,β-unsaturated/α-hetero) is 2. The molecule has 0 aromatic heterocycles. The molecule has 0 heterocycles. The second kappa shape index (κ2) is 11.1. The van der Waals surface area contributed by atoms with Gasteiger partial charge in [-0.1, -0.05) is 20.8 Å². The fraction of sp³-hybridized carbons (Fsp3) is 0.889. The zero-order valence-electron chi connectivity index (χ0n) is 17.0. The van der Waals surface area contributed by atoms with Crippen molar-refractivity contribution in [2.24, 2.45) is 5.41 Å². The smallest absolute Gasteiger partial charge is 0.212 e. The highest BCUT2D eigenvalue weighted by atomic mass is 32.2. The van der Waals surface area contributed by atoms with Gasteiger partial charge in [-0.3, -0.25) is 9.59 Å². The number of hydrogen-bond donors (Lipinski definition) is 1. The van der Waals surface area contributed by atoms with Crippen LogP contribution >= 0.6 is 0 Å². The summed E-state index contributed by atoms with van der Waals surface area (Å²) in [6, 6.07) is 0. The summed E-state index contributed by atoms with van der Waals surface area (Å²) in [6.45, 7) is 12.0. The maximum atomic E-state index is 11.8. The molecule has 154 valence electrons. The van der Waals surface area contributed by atoms with Crippen LogP contribution in [0.5, 0.6) is 0 Å². The van der Waals surface area contributed by atoms with E-state index < -0.39 is 21.0 Å². The summed E-state index contributed by atoms with van der Waals surface area (Å²) in [5.41, 5.74) is -0.952. The van der Waals surface area contributed by atoms with E-state index in [4.69, 9.17) is 9.47 Å². The molecule has 0 rings (SSSR count). The van der Waals surface area contributed by atoms with E-state index in [2.05, 4.69) is 4.72 Å². The Morgan fingerprint density at radius 1 is 0.885 bits per heavy atom. The molecule has 0 aromatic carbocycles. The Morgan fingerprint density at radius 3 is 2.00 bits per heavy atom. The van der Waals surface area contributed by atoms with Gasteiger partial charge in [-0.25, -0.2) is 13.1 Å². The molecular formula is C18H35NO6S. The van der Waals surface area contributed by atoms with Gasteiger partial charge in [0.2, 0.25) is 10.0 Å². The van der Waals surface area contributed by atoms with E-state index in [-0.39, 0.29) is 36.8 Å². The van der Waals surface area contributed by atoms with E-state index >= 15 is 0 Å². The maximum Gasteiger partial charge on any atom is 0.212 e. The van der Waals surface area contributed by atoms with Crippen molar-refractivity contribution in [2.45, 2.75) is 66.3 Å². The number of ketones is 2. The number of sulfonamides is 1. The molecule has 0 saturated carbocycles. The first-order chi connectivity index (χ1) is 11.7. The largest absolute Gasteiger partial charge is 0.379 e. The predicted molar refractivity (Wildman–Crippen MR) is 102 cm³/mol. The minimum absolute atomic E-state index is 0.00341. The lowest BCUT2D eigenvalue weighted by Crippen LogP contribution is -2.42. The maximum absolute atomic E-state index is 11.8. The SMILES string of the molecule is CC(C)(C)NS(=O)(=O)CCC(=O)CCCOCCOCC(=O)C(C)(C)C. The molecule has 0 aliphatic carbocycles. The topological polar surface area (TPSA) is 98.8 Å². The fourth-order valence-electron chi connectivity index (χ4n) is 1.86. The normalized spacial score (nSPS) is 13.0. The van der Waals surface area contributed by atoms with Crippen LogP contribution in [0.1, 0.15) is 60.8 Å². The molecule has 0 radical (unpaired) electrons. The van der Waals surface area contributed by atoms with Gasteiger partial charge in [-0.15, -0.1) is 0 Å². The third-order valence-electron chi connectivity index (χ3n) is 3.30. The number of ether oxygens (including phenoxy) is 2. The number of hydrogen-bond acceptors (Lipinski definition) is 6. The van der Waals surface area contributed by atoms with Gasteiger partial charge in [0.15, 0.2) is 5.78 Å². The Balaban J connectivity index is 3.71. The third kappa shape index (κ3) is 14.4. The second-order valence-electron chi connectivity index (χ2n) is 8.40. The third-order valence-corrected chi connectivity index (χ3v) is 4.96. The number of rotatable bonds is 13. The summed E-state index contributed by atoms with van der Waals surface area (Å²) in [5.74, 6) is -0.251. The summed E-state index contributed by atoms with van der Waals surface area (Å²) in [5, 5.41) is 0. The Hall–Kier alpha value is -0.830. The lowest BCUT2D eigenvalue weighted by atomic mass is 9.91. The van der Waals surface area contributed by atoms with Crippen LogP contribution in [0.4, 0.5) is 0 Å². The van der Waals surface area contributed by atoms with Crippen molar-refractivity contribution in [1.29, 1.82) is 0 Å². The molecule has 26 heavy (non-hydrogen) atoms. The molecule has 0 spiro atoms. The van der Waals surface area contributed by atoms with Crippen molar-refractivity contribution >= 4 is 21.6 Å². The van der Waals surface area contributed by atoms with Crippen molar-refractivity contribution in [3.63, 3.8) is 0 Å². The standard InChI is InChI=1S/C18H35NO6S/c1-17(2,3)16(21)14-25-12-11-24-10-7-8-15(20)9-13-26(22,23)19-18(4,5)6/h19H,7-14H2,1-6H3. The van der Waals surface area contributed by atoms with Crippen LogP contribution in [-0.2, 0) is 29.1 Å². The Morgan fingerprint density at radius 2 is 1.46 bits per heavy atom. The van der Waals surface area contributed by atoms with Crippen LogP contribution < -0.4 is 4.72 Å². The summed E-state index contributed by atoms with van der Waals surface area (Å²) in [7, 11) is -3.44. The fourth-order valence-corrected chi connectivity index (χ4v) is 3.39.